The van der Waals surface area contributed by atoms with Crippen LogP contribution in [0.5, 0.6) is 0 Å². The fourth-order valence-corrected chi connectivity index (χ4v) is 3.22. The van der Waals surface area contributed by atoms with Gasteiger partial charge in [-0.3, -0.25) is 14.4 Å². The molecule has 1 N–H and O–H groups in total. The lowest BCUT2D eigenvalue weighted by Gasteiger charge is -2.35. The van der Waals surface area contributed by atoms with Crippen LogP contribution in [0.2, 0.25) is 5.02 Å². The molecule has 1 saturated heterocycles. The maximum Gasteiger partial charge on any atom is 0.311 e. The Balaban J connectivity index is 1.66. The van der Waals surface area contributed by atoms with Crippen LogP contribution in [-0.4, -0.2) is 58.9 Å². The number of carboxylic acids is 1. The highest BCUT2D eigenvalue weighted by atomic mass is 35.5. The summed E-state index contributed by atoms with van der Waals surface area (Å²) in [7, 11) is 0. The van der Waals surface area contributed by atoms with Crippen molar-refractivity contribution < 1.29 is 23.9 Å². The Kier molecular flexibility index (Phi) is 5.51. The molecule has 1 aromatic heterocycles. The summed E-state index contributed by atoms with van der Waals surface area (Å²) in [6.07, 6.45) is 1.05. The SMILES string of the molecule is Cc1coc(CC(=O)O)c1C(=O)N1CCN(C(=O)c2ccc(Cl)cc2)CC1. The average Bonchev–Trinajstić information content (AvgIpc) is 3.01. The fourth-order valence-electron chi connectivity index (χ4n) is 3.10. The summed E-state index contributed by atoms with van der Waals surface area (Å²) >= 11 is 5.85. The number of rotatable bonds is 4. The summed E-state index contributed by atoms with van der Waals surface area (Å²) < 4.78 is 5.24. The summed E-state index contributed by atoms with van der Waals surface area (Å²) in [5.41, 5.74) is 1.46. The lowest BCUT2D eigenvalue weighted by atomic mass is 10.1. The van der Waals surface area contributed by atoms with E-state index in [1.807, 2.05) is 0 Å². The molecule has 3 rings (SSSR count). The zero-order valence-corrected chi connectivity index (χ0v) is 15.5. The van der Waals surface area contributed by atoms with Gasteiger partial charge in [0.15, 0.2) is 0 Å². The second-order valence-electron chi connectivity index (χ2n) is 6.38. The largest absolute Gasteiger partial charge is 0.481 e. The normalized spacial score (nSPS) is 14.3. The summed E-state index contributed by atoms with van der Waals surface area (Å²) in [5.74, 6) is -1.28. The number of piperazine rings is 1. The molecule has 27 heavy (non-hydrogen) atoms. The molecule has 0 unspecified atom stereocenters. The summed E-state index contributed by atoms with van der Waals surface area (Å²) in [4.78, 5) is 39.6. The first kappa shape index (κ1) is 19.0. The molecular formula is C19H19ClN2O5. The van der Waals surface area contributed by atoms with Crippen LogP contribution in [0.25, 0.3) is 0 Å². The minimum absolute atomic E-state index is 0.107. The number of hydrogen-bond acceptors (Lipinski definition) is 4. The molecule has 0 aliphatic carbocycles. The number of carbonyl (C=O) groups is 3. The molecule has 2 amide bonds. The quantitative estimate of drug-likeness (QED) is 0.865. The smallest absolute Gasteiger partial charge is 0.311 e. The second kappa shape index (κ2) is 7.84. The van der Waals surface area contributed by atoms with Crippen molar-refractivity contribution in [1.82, 2.24) is 9.80 Å². The first-order chi connectivity index (χ1) is 12.9. The number of hydrogen-bond donors (Lipinski definition) is 1. The van der Waals surface area contributed by atoms with E-state index in [-0.39, 0.29) is 24.0 Å². The Morgan fingerprint density at radius 3 is 2.15 bits per heavy atom. The van der Waals surface area contributed by atoms with E-state index in [0.717, 1.165) is 0 Å². The molecule has 0 bridgehead atoms. The molecular weight excluding hydrogens is 372 g/mol. The number of furan rings is 1. The molecule has 0 spiro atoms. The van der Waals surface area contributed by atoms with Gasteiger partial charge in [0, 0.05) is 42.3 Å². The lowest BCUT2D eigenvalue weighted by molar-refractivity contribution is -0.136. The first-order valence-corrected chi connectivity index (χ1v) is 8.87. The Morgan fingerprint density at radius 2 is 1.59 bits per heavy atom. The van der Waals surface area contributed by atoms with E-state index in [1.54, 1.807) is 41.0 Å². The van der Waals surface area contributed by atoms with Crippen molar-refractivity contribution in [3.63, 3.8) is 0 Å². The van der Waals surface area contributed by atoms with E-state index in [9.17, 15) is 14.4 Å². The van der Waals surface area contributed by atoms with Gasteiger partial charge in [-0.1, -0.05) is 11.6 Å². The minimum Gasteiger partial charge on any atom is -0.481 e. The van der Waals surface area contributed by atoms with Gasteiger partial charge in [-0.2, -0.15) is 0 Å². The molecule has 1 fully saturated rings. The van der Waals surface area contributed by atoms with Crippen LogP contribution in [0, 0.1) is 6.92 Å². The standard InChI is InChI=1S/C19H19ClN2O5/c1-12-11-27-15(10-16(23)24)17(12)19(26)22-8-6-21(7-9-22)18(25)13-2-4-14(20)5-3-13/h2-5,11H,6-10H2,1H3,(H,23,24). The number of carbonyl (C=O) groups excluding carboxylic acids is 2. The third kappa shape index (κ3) is 4.14. The van der Waals surface area contributed by atoms with Gasteiger partial charge in [-0.25, -0.2) is 0 Å². The molecule has 142 valence electrons. The van der Waals surface area contributed by atoms with Crippen LogP contribution in [0.15, 0.2) is 34.9 Å². The van der Waals surface area contributed by atoms with Crippen molar-refractivity contribution in [1.29, 1.82) is 0 Å². The van der Waals surface area contributed by atoms with Crippen molar-refractivity contribution in [3.05, 3.63) is 58.0 Å². The number of aliphatic carboxylic acids is 1. The molecule has 7 nitrogen and oxygen atoms in total. The van der Waals surface area contributed by atoms with E-state index < -0.39 is 5.97 Å². The zero-order valence-electron chi connectivity index (χ0n) is 14.8. The highest BCUT2D eigenvalue weighted by Gasteiger charge is 2.29. The van der Waals surface area contributed by atoms with Crippen molar-refractivity contribution in [2.24, 2.45) is 0 Å². The molecule has 0 saturated carbocycles. The molecule has 8 heteroatoms. The number of nitrogens with zero attached hydrogens (tertiary/aromatic N) is 2. The predicted molar refractivity (Wildman–Crippen MR) is 98.0 cm³/mol. The monoisotopic (exact) mass is 390 g/mol. The number of carboxylic acid groups (broad SMARTS) is 1. The second-order valence-corrected chi connectivity index (χ2v) is 6.82. The van der Waals surface area contributed by atoms with Crippen LogP contribution in [-0.2, 0) is 11.2 Å². The third-order valence-corrected chi connectivity index (χ3v) is 4.77. The Labute approximate surface area is 161 Å². The van der Waals surface area contributed by atoms with Gasteiger partial charge in [-0.15, -0.1) is 0 Å². The summed E-state index contributed by atoms with van der Waals surface area (Å²) in [6, 6.07) is 6.69. The Morgan fingerprint density at radius 1 is 1.04 bits per heavy atom. The van der Waals surface area contributed by atoms with Gasteiger partial charge in [-0.05, 0) is 31.2 Å². The van der Waals surface area contributed by atoms with Crippen LogP contribution < -0.4 is 0 Å². The maximum absolute atomic E-state index is 12.8. The van der Waals surface area contributed by atoms with Crippen LogP contribution in [0.4, 0.5) is 0 Å². The van der Waals surface area contributed by atoms with Crippen molar-refractivity contribution >= 4 is 29.4 Å². The van der Waals surface area contributed by atoms with E-state index in [1.165, 1.54) is 6.26 Å². The Hall–Kier alpha value is -2.80. The Bertz CT molecular complexity index is 867. The highest BCUT2D eigenvalue weighted by Crippen LogP contribution is 2.21. The summed E-state index contributed by atoms with van der Waals surface area (Å²) in [6.45, 7) is 3.25. The van der Waals surface area contributed by atoms with Crippen molar-refractivity contribution in [3.8, 4) is 0 Å². The highest BCUT2D eigenvalue weighted by molar-refractivity contribution is 6.30. The van der Waals surface area contributed by atoms with Gasteiger partial charge in [0.25, 0.3) is 11.8 Å². The predicted octanol–water partition coefficient (Wildman–Crippen LogP) is 2.47. The molecule has 1 aliphatic heterocycles. The lowest BCUT2D eigenvalue weighted by Crippen LogP contribution is -2.50. The van der Waals surface area contributed by atoms with E-state index >= 15 is 0 Å². The van der Waals surface area contributed by atoms with E-state index in [2.05, 4.69) is 0 Å². The van der Waals surface area contributed by atoms with Crippen LogP contribution in [0.1, 0.15) is 32.0 Å². The number of benzene rings is 1. The van der Waals surface area contributed by atoms with Crippen LogP contribution >= 0.6 is 11.6 Å². The fraction of sp³-hybridized carbons (Fsp3) is 0.316. The van der Waals surface area contributed by atoms with E-state index in [0.29, 0.717) is 47.9 Å². The van der Waals surface area contributed by atoms with E-state index in [4.69, 9.17) is 21.1 Å². The third-order valence-electron chi connectivity index (χ3n) is 4.52. The molecule has 0 radical (unpaired) electrons. The average molecular weight is 391 g/mol. The summed E-state index contributed by atoms with van der Waals surface area (Å²) in [5, 5.41) is 9.54. The zero-order chi connectivity index (χ0) is 19.6. The van der Waals surface area contributed by atoms with Gasteiger partial charge in [0.05, 0.1) is 11.8 Å². The van der Waals surface area contributed by atoms with Gasteiger partial charge in [0.1, 0.15) is 12.2 Å². The van der Waals surface area contributed by atoms with Gasteiger partial charge in [0.2, 0.25) is 0 Å². The number of halogens is 1. The van der Waals surface area contributed by atoms with Gasteiger partial charge >= 0.3 is 5.97 Å². The minimum atomic E-state index is -1.06. The number of amides is 2. The van der Waals surface area contributed by atoms with Crippen molar-refractivity contribution in [2.75, 3.05) is 26.2 Å². The molecule has 2 aromatic rings. The topological polar surface area (TPSA) is 91.1 Å². The molecule has 0 atom stereocenters. The molecule has 2 heterocycles. The van der Waals surface area contributed by atoms with Crippen molar-refractivity contribution in [2.45, 2.75) is 13.3 Å². The number of aryl methyl sites for hydroxylation is 1. The molecule has 1 aliphatic rings. The first-order valence-electron chi connectivity index (χ1n) is 8.49. The molecule has 1 aromatic carbocycles. The maximum atomic E-state index is 12.8. The van der Waals surface area contributed by atoms with Gasteiger partial charge < -0.3 is 19.3 Å². The van der Waals surface area contributed by atoms with Crippen LogP contribution in [0.3, 0.4) is 0 Å².